The van der Waals surface area contributed by atoms with Crippen LogP contribution in [0.3, 0.4) is 0 Å². The summed E-state index contributed by atoms with van der Waals surface area (Å²) in [5.74, 6) is -0.0221. The van der Waals surface area contributed by atoms with Crippen molar-refractivity contribution >= 4 is 12.0 Å². The molecule has 1 aliphatic carbocycles. The summed E-state index contributed by atoms with van der Waals surface area (Å²) in [6.45, 7) is 6.88. The summed E-state index contributed by atoms with van der Waals surface area (Å²) in [6, 6.07) is -0.164. The summed E-state index contributed by atoms with van der Waals surface area (Å²) >= 11 is 0. The van der Waals surface area contributed by atoms with Gasteiger partial charge < -0.3 is 20.1 Å². The van der Waals surface area contributed by atoms with Gasteiger partial charge >= 0.3 is 12.0 Å². The molecule has 0 aromatic heterocycles. The molecule has 6 nitrogen and oxygen atoms in total. The summed E-state index contributed by atoms with van der Waals surface area (Å²) in [6.07, 6.45) is 3.57. The van der Waals surface area contributed by atoms with Crippen molar-refractivity contribution in [1.29, 1.82) is 0 Å². The van der Waals surface area contributed by atoms with Gasteiger partial charge in [-0.2, -0.15) is 0 Å². The van der Waals surface area contributed by atoms with Gasteiger partial charge in [0.05, 0.1) is 12.0 Å². The average molecular weight is 312 g/mol. The van der Waals surface area contributed by atoms with Crippen molar-refractivity contribution in [1.82, 2.24) is 10.2 Å². The number of nitrogens with zero attached hydrogens (tertiary/aromatic N) is 1. The van der Waals surface area contributed by atoms with Gasteiger partial charge in [-0.3, -0.25) is 4.79 Å². The zero-order valence-electron chi connectivity index (χ0n) is 13.6. The number of fused-ring (bicyclic) bond motifs is 1. The number of hydrogen-bond donors (Lipinski definition) is 2. The molecule has 0 spiro atoms. The molecule has 2 fully saturated rings. The molecule has 0 unspecified atom stereocenters. The van der Waals surface area contributed by atoms with Gasteiger partial charge in [0.1, 0.15) is 0 Å². The number of ether oxygens (including phenoxy) is 1. The predicted octanol–water partition coefficient (Wildman–Crippen LogP) is 1.95. The van der Waals surface area contributed by atoms with E-state index in [0.717, 1.165) is 19.3 Å². The minimum absolute atomic E-state index is 0.109. The summed E-state index contributed by atoms with van der Waals surface area (Å²) in [4.78, 5) is 25.4. The fraction of sp³-hybridized carbons (Fsp3) is 0.875. The summed E-state index contributed by atoms with van der Waals surface area (Å²) in [5, 5.41) is 12.3. The maximum Gasteiger partial charge on any atom is 0.317 e. The Morgan fingerprint density at radius 1 is 1.41 bits per heavy atom. The van der Waals surface area contributed by atoms with E-state index < -0.39 is 11.4 Å². The molecule has 1 aliphatic heterocycles. The van der Waals surface area contributed by atoms with Crippen molar-refractivity contribution in [2.45, 2.75) is 39.5 Å². The normalized spacial score (nSPS) is 27.2. The number of carbonyl (C=O) groups excluding carboxylic acids is 1. The van der Waals surface area contributed by atoms with Crippen LogP contribution >= 0.6 is 0 Å². The maximum atomic E-state index is 12.1. The van der Waals surface area contributed by atoms with Crippen molar-refractivity contribution in [2.75, 3.05) is 32.8 Å². The van der Waals surface area contributed by atoms with Crippen LogP contribution in [0.1, 0.15) is 39.5 Å². The Morgan fingerprint density at radius 2 is 2.18 bits per heavy atom. The van der Waals surface area contributed by atoms with Crippen LogP contribution in [-0.2, 0) is 9.53 Å². The number of carboxylic acid groups (broad SMARTS) is 1. The third-order valence-electron chi connectivity index (χ3n) is 4.95. The summed E-state index contributed by atoms with van der Waals surface area (Å²) in [7, 11) is 0. The number of likely N-dealkylation sites (tertiary alicyclic amines) is 1. The molecule has 1 saturated carbocycles. The minimum atomic E-state index is -0.748. The van der Waals surface area contributed by atoms with Crippen LogP contribution in [0, 0.1) is 17.3 Å². The van der Waals surface area contributed by atoms with Gasteiger partial charge in [0.15, 0.2) is 0 Å². The van der Waals surface area contributed by atoms with Crippen LogP contribution in [0.15, 0.2) is 0 Å². The quantitative estimate of drug-likeness (QED) is 0.704. The zero-order chi connectivity index (χ0) is 16.2. The van der Waals surface area contributed by atoms with E-state index in [0.29, 0.717) is 45.2 Å². The van der Waals surface area contributed by atoms with Crippen molar-refractivity contribution in [2.24, 2.45) is 17.3 Å². The smallest absolute Gasteiger partial charge is 0.317 e. The largest absolute Gasteiger partial charge is 0.481 e. The molecule has 0 radical (unpaired) electrons. The Morgan fingerprint density at radius 3 is 2.82 bits per heavy atom. The lowest BCUT2D eigenvalue weighted by Gasteiger charge is -2.23. The van der Waals surface area contributed by atoms with E-state index in [1.807, 2.05) is 0 Å². The van der Waals surface area contributed by atoms with Gasteiger partial charge in [0.2, 0.25) is 0 Å². The van der Waals surface area contributed by atoms with Crippen LogP contribution in [0.2, 0.25) is 0 Å². The molecular weight excluding hydrogens is 284 g/mol. The first-order valence-corrected chi connectivity index (χ1v) is 8.29. The number of carbonyl (C=O) groups is 2. The fourth-order valence-corrected chi connectivity index (χ4v) is 3.56. The standard InChI is InChI=1S/C16H28N2O4/c1-12(2)5-8-22-9-7-17-15(21)18-10-13-4-3-6-16(13,11-18)14(19)20/h12-13H,3-11H2,1-2H3,(H,17,21)(H,19,20)/t13-,16+/m0/s1. The van der Waals surface area contributed by atoms with Gasteiger partial charge in [-0.15, -0.1) is 0 Å². The molecule has 0 aromatic carbocycles. The number of nitrogens with one attached hydrogen (secondary N) is 1. The molecular formula is C16H28N2O4. The molecule has 2 amide bonds. The Balaban J connectivity index is 1.70. The molecule has 2 N–H and O–H groups in total. The van der Waals surface area contributed by atoms with E-state index in [1.165, 1.54) is 0 Å². The molecule has 6 heteroatoms. The van der Waals surface area contributed by atoms with Gasteiger partial charge in [-0.1, -0.05) is 20.3 Å². The summed E-state index contributed by atoms with van der Waals surface area (Å²) in [5.41, 5.74) is -0.703. The van der Waals surface area contributed by atoms with Gasteiger partial charge in [-0.05, 0) is 31.1 Å². The van der Waals surface area contributed by atoms with Gasteiger partial charge in [0, 0.05) is 26.2 Å². The maximum absolute atomic E-state index is 12.1. The lowest BCUT2D eigenvalue weighted by molar-refractivity contribution is -0.149. The van der Waals surface area contributed by atoms with Crippen molar-refractivity contribution < 1.29 is 19.4 Å². The first-order chi connectivity index (χ1) is 10.5. The average Bonchev–Trinajstić information content (AvgIpc) is 2.99. The predicted molar refractivity (Wildman–Crippen MR) is 82.7 cm³/mol. The van der Waals surface area contributed by atoms with E-state index in [9.17, 15) is 14.7 Å². The zero-order valence-corrected chi connectivity index (χ0v) is 13.6. The monoisotopic (exact) mass is 312 g/mol. The van der Waals surface area contributed by atoms with Gasteiger partial charge in [-0.25, -0.2) is 4.79 Å². The number of carboxylic acids is 1. The first-order valence-electron chi connectivity index (χ1n) is 8.29. The van der Waals surface area contributed by atoms with Crippen LogP contribution in [0.5, 0.6) is 0 Å². The molecule has 1 heterocycles. The fourth-order valence-electron chi connectivity index (χ4n) is 3.56. The Bertz CT molecular complexity index is 413. The van der Waals surface area contributed by atoms with Crippen LogP contribution < -0.4 is 5.32 Å². The molecule has 126 valence electrons. The van der Waals surface area contributed by atoms with Crippen molar-refractivity contribution in [3.8, 4) is 0 Å². The second-order valence-corrected chi connectivity index (χ2v) is 6.96. The third-order valence-corrected chi connectivity index (χ3v) is 4.95. The number of hydrogen-bond acceptors (Lipinski definition) is 3. The van der Waals surface area contributed by atoms with Crippen LogP contribution in [0.4, 0.5) is 4.79 Å². The third kappa shape index (κ3) is 3.72. The van der Waals surface area contributed by atoms with E-state index in [4.69, 9.17) is 4.74 Å². The molecule has 0 bridgehead atoms. The van der Waals surface area contributed by atoms with Gasteiger partial charge in [0.25, 0.3) is 0 Å². The molecule has 2 rings (SSSR count). The van der Waals surface area contributed by atoms with Crippen molar-refractivity contribution in [3.05, 3.63) is 0 Å². The SMILES string of the molecule is CC(C)CCOCCNC(=O)N1C[C@@H]2CCC[C@@]2(C(=O)O)C1. The van der Waals surface area contributed by atoms with E-state index >= 15 is 0 Å². The first kappa shape index (κ1) is 17.1. The van der Waals surface area contributed by atoms with Crippen molar-refractivity contribution in [3.63, 3.8) is 0 Å². The highest BCUT2D eigenvalue weighted by Crippen LogP contribution is 2.48. The number of urea groups is 1. The lowest BCUT2D eigenvalue weighted by Crippen LogP contribution is -2.42. The molecule has 22 heavy (non-hydrogen) atoms. The highest BCUT2D eigenvalue weighted by atomic mass is 16.5. The topological polar surface area (TPSA) is 78.9 Å². The van der Waals surface area contributed by atoms with Crippen LogP contribution in [-0.4, -0.2) is 54.9 Å². The highest BCUT2D eigenvalue weighted by Gasteiger charge is 2.55. The highest BCUT2D eigenvalue weighted by molar-refractivity contribution is 5.80. The number of amides is 2. The lowest BCUT2D eigenvalue weighted by atomic mass is 9.81. The number of rotatable bonds is 7. The second kappa shape index (κ2) is 7.31. The summed E-state index contributed by atoms with van der Waals surface area (Å²) < 4.78 is 5.46. The van der Waals surface area contributed by atoms with E-state index in [2.05, 4.69) is 19.2 Å². The van der Waals surface area contributed by atoms with E-state index in [1.54, 1.807) is 4.90 Å². The molecule has 1 saturated heterocycles. The second-order valence-electron chi connectivity index (χ2n) is 6.96. The molecule has 2 atom stereocenters. The van der Waals surface area contributed by atoms with Crippen LogP contribution in [0.25, 0.3) is 0 Å². The Kier molecular flexibility index (Phi) is 5.67. The minimum Gasteiger partial charge on any atom is -0.481 e. The molecule has 0 aromatic rings. The number of aliphatic carboxylic acids is 1. The molecule has 2 aliphatic rings. The Hall–Kier alpha value is -1.30. The van der Waals surface area contributed by atoms with E-state index in [-0.39, 0.29) is 11.9 Å². The Labute approximate surface area is 132 Å².